The Morgan fingerprint density at radius 3 is 2.72 bits per heavy atom. The molecule has 0 aliphatic carbocycles. The molecule has 1 aromatic rings. The Morgan fingerprint density at radius 1 is 1.44 bits per heavy atom. The number of halogens is 1. The molecule has 1 unspecified atom stereocenters. The number of carbonyl (C=O) groups excluding carboxylic acids is 1. The van der Waals surface area contributed by atoms with Gasteiger partial charge in [-0.15, -0.1) is 0 Å². The molecule has 0 aliphatic rings. The van der Waals surface area contributed by atoms with Gasteiger partial charge in [0.15, 0.2) is 0 Å². The molecule has 1 atom stereocenters. The van der Waals surface area contributed by atoms with E-state index in [1.165, 1.54) is 0 Å². The normalized spacial score (nSPS) is 11.8. The Balaban J connectivity index is 2.57. The summed E-state index contributed by atoms with van der Waals surface area (Å²) in [6.07, 6.45) is 0. The van der Waals surface area contributed by atoms with Crippen LogP contribution in [0.15, 0.2) is 22.7 Å². The van der Waals surface area contributed by atoms with E-state index >= 15 is 0 Å². The van der Waals surface area contributed by atoms with E-state index in [2.05, 4.69) is 26.6 Å². The lowest BCUT2D eigenvalue weighted by atomic mass is 10.3. The van der Waals surface area contributed by atoms with Gasteiger partial charge >= 0.3 is 6.03 Å². The topological polar surface area (TPSA) is 59.6 Å². The van der Waals surface area contributed by atoms with Crippen molar-refractivity contribution in [3.8, 4) is 5.75 Å². The molecule has 0 aromatic heterocycles. The van der Waals surface area contributed by atoms with Gasteiger partial charge in [0.2, 0.25) is 0 Å². The monoisotopic (exact) mass is 316 g/mol. The number of benzene rings is 1. The highest BCUT2D eigenvalue weighted by Crippen LogP contribution is 2.27. The van der Waals surface area contributed by atoms with Crippen LogP contribution in [-0.4, -0.2) is 32.9 Å². The van der Waals surface area contributed by atoms with Gasteiger partial charge in [-0.05, 0) is 41.1 Å². The molecule has 18 heavy (non-hydrogen) atoms. The van der Waals surface area contributed by atoms with E-state index in [1.54, 1.807) is 32.4 Å². The fraction of sp³-hybridized carbons (Fsp3) is 0.417. The van der Waals surface area contributed by atoms with E-state index in [4.69, 9.17) is 9.47 Å². The Bertz CT molecular complexity index is 412. The molecule has 100 valence electrons. The molecule has 0 heterocycles. The summed E-state index contributed by atoms with van der Waals surface area (Å²) in [5.41, 5.74) is 0.685. The summed E-state index contributed by atoms with van der Waals surface area (Å²) >= 11 is 3.36. The van der Waals surface area contributed by atoms with Gasteiger partial charge < -0.3 is 20.1 Å². The van der Waals surface area contributed by atoms with Crippen LogP contribution in [0.2, 0.25) is 0 Å². The number of anilines is 1. The molecule has 0 saturated carbocycles. The van der Waals surface area contributed by atoms with Crippen molar-refractivity contribution in [2.75, 3.05) is 26.1 Å². The van der Waals surface area contributed by atoms with Crippen molar-refractivity contribution in [3.63, 3.8) is 0 Å². The summed E-state index contributed by atoms with van der Waals surface area (Å²) in [6, 6.07) is 5.01. The van der Waals surface area contributed by atoms with Crippen molar-refractivity contribution in [1.82, 2.24) is 5.32 Å². The zero-order valence-electron chi connectivity index (χ0n) is 10.6. The highest BCUT2D eigenvalue weighted by molar-refractivity contribution is 9.10. The lowest BCUT2D eigenvalue weighted by molar-refractivity contribution is 0.173. The number of hydrogen-bond donors (Lipinski definition) is 2. The third kappa shape index (κ3) is 4.54. The zero-order valence-corrected chi connectivity index (χ0v) is 12.2. The van der Waals surface area contributed by atoms with E-state index in [9.17, 15) is 4.79 Å². The number of nitrogens with one attached hydrogen (secondary N) is 2. The molecule has 0 bridgehead atoms. The Hall–Kier alpha value is -1.27. The first-order chi connectivity index (χ1) is 8.56. The van der Waals surface area contributed by atoms with E-state index in [-0.39, 0.29) is 12.1 Å². The summed E-state index contributed by atoms with van der Waals surface area (Å²) in [7, 11) is 3.18. The number of urea groups is 1. The maximum absolute atomic E-state index is 11.6. The molecule has 2 N–H and O–H groups in total. The fourth-order valence-electron chi connectivity index (χ4n) is 1.43. The first kappa shape index (κ1) is 14.8. The van der Waals surface area contributed by atoms with Crippen LogP contribution < -0.4 is 15.4 Å². The minimum atomic E-state index is -0.267. The van der Waals surface area contributed by atoms with Crippen molar-refractivity contribution in [3.05, 3.63) is 22.7 Å². The van der Waals surface area contributed by atoms with Gasteiger partial charge in [0.25, 0.3) is 0 Å². The van der Waals surface area contributed by atoms with Gasteiger partial charge in [0.1, 0.15) is 5.75 Å². The lowest BCUT2D eigenvalue weighted by Gasteiger charge is -2.14. The second-order valence-electron chi connectivity index (χ2n) is 3.80. The van der Waals surface area contributed by atoms with Crippen molar-refractivity contribution >= 4 is 27.6 Å². The molecule has 0 aliphatic heterocycles. The third-order valence-corrected chi connectivity index (χ3v) is 2.82. The fourth-order valence-corrected chi connectivity index (χ4v) is 1.97. The Morgan fingerprint density at radius 2 is 2.17 bits per heavy atom. The Labute approximate surface area is 115 Å². The smallest absolute Gasteiger partial charge is 0.319 e. The lowest BCUT2D eigenvalue weighted by Crippen LogP contribution is -2.38. The maximum Gasteiger partial charge on any atom is 0.319 e. The van der Waals surface area contributed by atoms with Gasteiger partial charge in [-0.2, -0.15) is 0 Å². The SMILES string of the molecule is COCC(C)NC(=O)Nc1ccc(OC)c(Br)c1. The molecule has 5 nitrogen and oxygen atoms in total. The summed E-state index contributed by atoms with van der Waals surface area (Å²) in [4.78, 5) is 11.6. The highest BCUT2D eigenvalue weighted by atomic mass is 79.9. The van der Waals surface area contributed by atoms with Crippen LogP contribution in [0.3, 0.4) is 0 Å². The molecule has 2 amide bonds. The van der Waals surface area contributed by atoms with Crippen LogP contribution in [0.4, 0.5) is 10.5 Å². The summed E-state index contributed by atoms with van der Waals surface area (Å²) in [5, 5.41) is 5.49. The van der Waals surface area contributed by atoms with Gasteiger partial charge in [0, 0.05) is 12.8 Å². The minimum Gasteiger partial charge on any atom is -0.496 e. The third-order valence-electron chi connectivity index (χ3n) is 2.20. The number of hydrogen-bond acceptors (Lipinski definition) is 3. The molecule has 0 spiro atoms. The highest BCUT2D eigenvalue weighted by Gasteiger charge is 2.08. The van der Waals surface area contributed by atoms with Crippen LogP contribution in [0.1, 0.15) is 6.92 Å². The van der Waals surface area contributed by atoms with Gasteiger partial charge in [-0.1, -0.05) is 0 Å². The first-order valence-electron chi connectivity index (χ1n) is 5.46. The number of amides is 2. The average molecular weight is 317 g/mol. The summed E-state index contributed by atoms with van der Waals surface area (Å²) in [6.45, 7) is 2.34. The molecule has 0 saturated heterocycles. The average Bonchev–Trinajstić information content (AvgIpc) is 2.29. The molecule has 6 heteroatoms. The van der Waals surface area contributed by atoms with Crippen LogP contribution in [0.5, 0.6) is 5.75 Å². The van der Waals surface area contributed by atoms with Crippen molar-refractivity contribution in [2.24, 2.45) is 0 Å². The predicted molar refractivity (Wildman–Crippen MR) is 74.2 cm³/mol. The standard InChI is InChI=1S/C12H17BrN2O3/c1-8(7-17-2)14-12(16)15-9-4-5-11(18-3)10(13)6-9/h4-6,8H,7H2,1-3H3,(H2,14,15,16). The van der Waals surface area contributed by atoms with Gasteiger partial charge in [-0.3, -0.25) is 0 Å². The largest absolute Gasteiger partial charge is 0.496 e. The second kappa shape index (κ2) is 7.23. The van der Waals surface area contributed by atoms with E-state index in [0.717, 1.165) is 4.47 Å². The molecule has 0 fully saturated rings. The number of carbonyl (C=O) groups is 1. The predicted octanol–water partition coefficient (Wildman–Crippen LogP) is 2.61. The van der Waals surface area contributed by atoms with Gasteiger partial charge in [0.05, 0.1) is 24.2 Å². The zero-order chi connectivity index (χ0) is 13.5. The van der Waals surface area contributed by atoms with E-state index < -0.39 is 0 Å². The minimum absolute atomic E-state index is 0.0447. The van der Waals surface area contributed by atoms with Crippen LogP contribution in [-0.2, 0) is 4.74 Å². The van der Waals surface area contributed by atoms with Crippen molar-refractivity contribution in [1.29, 1.82) is 0 Å². The molecular formula is C12H17BrN2O3. The van der Waals surface area contributed by atoms with E-state index in [1.807, 2.05) is 6.92 Å². The summed E-state index contributed by atoms with van der Waals surface area (Å²) in [5.74, 6) is 0.716. The Kier molecular flexibility index (Phi) is 5.94. The summed E-state index contributed by atoms with van der Waals surface area (Å²) < 4.78 is 10.8. The number of rotatable bonds is 5. The number of ether oxygens (including phenoxy) is 2. The first-order valence-corrected chi connectivity index (χ1v) is 6.26. The van der Waals surface area contributed by atoms with Crippen LogP contribution >= 0.6 is 15.9 Å². The van der Waals surface area contributed by atoms with Gasteiger partial charge in [-0.25, -0.2) is 4.79 Å². The molecule has 0 radical (unpaired) electrons. The molecule has 1 rings (SSSR count). The van der Waals surface area contributed by atoms with Crippen LogP contribution in [0.25, 0.3) is 0 Å². The molecular weight excluding hydrogens is 300 g/mol. The maximum atomic E-state index is 11.6. The quantitative estimate of drug-likeness (QED) is 0.878. The van der Waals surface area contributed by atoms with Crippen molar-refractivity contribution in [2.45, 2.75) is 13.0 Å². The second-order valence-corrected chi connectivity index (χ2v) is 4.66. The number of methoxy groups -OCH3 is 2. The van der Waals surface area contributed by atoms with Crippen LogP contribution in [0, 0.1) is 0 Å². The van der Waals surface area contributed by atoms with Crippen molar-refractivity contribution < 1.29 is 14.3 Å². The molecule has 1 aromatic carbocycles. The van der Waals surface area contributed by atoms with E-state index in [0.29, 0.717) is 18.0 Å².